The summed E-state index contributed by atoms with van der Waals surface area (Å²) in [6, 6.07) is 17.2. The van der Waals surface area contributed by atoms with Gasteiger partial charge in [0.05, 0.1) is 117 Å². The summed E-state index contributed by atoms with van der Waals surface area (Å²) in [6.07, 6.45) is 29.9. The Balaban J connectivity index is 0.000000296. The van der Waals surface area contributed by atoms with E-state index < -0.39 is 36.0 Å². The minimum absolute atomic E-state index is 0. The maximum atomic E-state index is 12.1. The standard InChI is InChI=1S/C25H29ClN6O.C16H15Cl2N3O.C8H12N4O2.C8H14N4.C6H13NO3S.C5H11NO.C4H6N2O3S.5CH4/c1-31-11-8-19(16-31)32-15-17(13-29-32)12-23-28-14-21(26)22(30-23)7-6-18-4-2-3-5-20(18)25(9-10-25)24(27)33;17-12-9-20-15(18)21-13(12)6-5-10-3-1-2-4-11(10)16(7-8-16)14(19)22;1-10-3-2-7(5-10)11-6-8(4-9-11)12(13)14;1-11-3-2-8(6-11)12-5-7(9)4-10-12;1-7-4-3-6(5-7)10-11(2,8)9;1-6-3-2-5(7)4-6;1-10(7,8)9-4-2-5-6-3-4;;;;;/h2-5,13-15,19H,6-12,16H2,1H3,(H2,27,33);1-4,9H,5-8H2,(H2,19,22);4,6-7H,2-3,5H2,1H3;4-5,8H,2-3,6,9H2,1H3;6H,3-5H2,1-2H3;5,7H,2-4H2,1H3;2-3H,1H3,(H,5,6);5*1H4. The maximum absolute atomic E-state index is 12.1. The highest BCUT2D eigenvalue weighted by molar-refractivity contribution is 7.86. The third-order valence-corrected chi connectivity index (χ3v) is 21.8. The lowest BCUT2D eigenvalue weighted by molar-refractivity contribution is -0.385. The minimum atomic E-state index is -3.41. The second-order valence-corrected chi connectivity index (χ2v) is 33.3. The van der Waals surface area contributed by atoms with E-state index in [1.54, 1.807) is 17.1 Å². The summed E-state index contributed by atoms with van der Waals surface area (Å²) < 4.78 is 57.1. The van der Waals surface area contributed by atoms with E-state index in [0.717, 1.165) is 181 Å². The van der Waals surface area contributed by atoms with Gasteiger partial charge in [-0.1, -0.05) is 109 Å². The molecule has 5 unspecified atom stereocenters. The van der Waals surface area contributed by atoms with Crippen LogP contribution in [0.4, 0.5) is 11.4 Å². The number of carbonyl (C=O) groups excluding carboxylic acids is 2. The molecule has 7 fully saturated rings. The van der Waals surface area contributed by atoms with Crippen LogP contribution in [-0.2, 0) is 76.9 Å². The molecule has 632 valence electrons. The Morgan fingerprint density at radius 2 is 1.04 bits per heavy atom. The summed E-state index contributed by atoms with van der Waals surface area (Å²) in [4.78, 5) is 62.1. The summed E-state index contributed by atoms with van der Waals surface area (Å²) in [5.74, 6) is 0.453. The quantitative estimate of drug-likeness (QED) is 0.0205. The predicted molar refractivity (Wildman–Crippen MR) is 449 cm³/mol. The molecule has 114 heavy (non-hydrogen) atoms. The maximum Gasteiger partial charge on any atom is 0.307 e. The number of aliphatic hydroxyl groups excluding tert-OH is 1. The van der Waals surface area contributed by atoms with Crippen LogP contribution in [0.3, 0.4) is 0 Å². The van der Waals surface area contributed by atoms with Crippen molar-refractivity contribution in [3.8, 4) is 5.75 Å². The molecular formula is C77H120Cl3N21O11S2. The van der Waals surface area contributed by atoms with E-state index in [0.29, 0.717) is 53.6 Å². The third kappa shape index (κ3) is 29.5. The number of H-pyrrole nitrogens is 1. The van der Waals surface area contributed by atoms with Gasteiger partial charge in [0.25, 0.3) is 10.1 Å². The van der Waals surface area contributed by atoms with Gasteiger partial charge in [-0.05, 0) is 178 Å². The van der Waals surface area contributed by atoms with Crippen molar-refractivity contribution in [3.05, 3.63) is 181 Å². The number of nitrogens with zero attached hydrogens (tertiary/aromatic N) is 17. The average molecular weight is 1690 g/mol. The van der Waals surface area contributed by atoms with Crippen LogP contribution in [0.2, 0.25) is 15.3 Å². The van der Waals surface area contributed by atoms with Crippen LogP contribution in [-0.4, -0.2) is 248 Å². The number of β-amino-alcohol motifs (C(OH)–C–C–N with tert-alkyl or cyclic N) is 1. The number of benzene rings is 2. The van der Waals surface area contributed by atoms with Gasteiger partial charge in [-0.15, -0.1) is 0 Å². The Kier molecular flexibility index (Phi) is 38.6. The van der Waals surface area contributed by atoms with E-state index >= 15 is 0 Å². The molecule has 0 bridgehead atoms. The van der Waals surface area contributed by atoms with Crippen LogP contribution in [0.5, 0.6) is 5.75 Å². The Hall–Kier alpha value is -8.13. The van der Waals surface area contributed by atoms with Gasteiger partial charge >= 0.3 is 15.8 Å². The van der Waals surface area contributed by atoms with Crippen molar-refractivity contribution in [1.82, 2.24) is 84.0 Å². The largest absolute Gasteiger partial charge is 0.396 e. The van der Waals surface area contributed by atoms with E-state index in [1.165, 1.54) is 37.4 Å². The van der Waals surface area contributed by atoms with Crippen LogP contribution in [0.25, 0.3) is 0 Å². The summed E-state index contributed by atoms with van der Waals surface area (Å²) in [7, 11) is 3.62. The Labute approximate surface area is 688 Å². The zero-order valence-electron chi connectivity index (χ0n) is 62.6. The number of nitro groups is 1. The molecule has 32 nitrogen and oxygen atoms in total. The number of likely N-dealkylation sites (tertiary alicyclic amines) is 5. The van der Waals surface area contributed by atoms with Crippen molar-refractivity contribution in [1.29, 1.82) is 0 Å². The van der Waals surface area contributed by atoms with Crippen molar-refractivity contribution in [2.45, 2.75) is 168 Å². The molecule has 5 aliphatic heterocycles. The Bertz CT molecular complexity index is 4540. The van der Waals surface area contributed by atoms with Gasteiger partial charge in [-0.2, -0.15) is 37.2 Å². The van der Waals surface area contributed by atoms with Gasteiger partial charge in [0.15, 0.2) is 5.75 Å². The molecule has 11 heterocycles. The van der Waals surface area contributed by atoms with Gasteiger partial charge in [0.1, 0.15) is 18.2 Å². The molecule has 2 amide bonds. The summed E-state index contributed by atoms with van der Waals surface area (Å²) in [5, 5.41) is 39.2. The first-order chi connectivity index (χ1) is 51.7. The first-order valence-electron chi connectivity index (χ1n) is 36.1. The molecule has 0 spiro atoms. The van der Waals surface area contributed by atoms with Gasteiger partial charge < -0.3 is 51.0 Å². The van der Waals surface area contributed by atoms with Gasteiger partial charge in [-0.25, -0.2) is 19.9 Å². The van der Waals surface area contributed by atoms with Crippen molar-refractivity contribution in [2.75, 3.05) is 119 Å². The van der Waals surface area contributed by atoms with Gasteiger partial charge in [0, 0.05) is 70.8 Å². The number of anilines is 1. The van der Waals surface area contributed by atoms with Crippen LogP contribution in [0.15, 0.2) is 110 Å². The highest BCUT2D eigenvalue weighted by Crippen LogP contribution is 2.50. The van der Waals surface area contributed by atoms with E-state index in [1.807, 2.05) is 80.7 Å². The number of primary amides is 2. The van der Waals surface area contributed by atoms with Crippen LogP contribution in [0, 0.1) is 10.1 Å². The highest BCUT2D eigenvalue weighted by Gasteiger charge is 2.52. The second kappa shape index (κ2) is 44.8. The number of rotatable bonds is 20. The number of nitrogens with one attached hydrogen (secondary N) is 1. The fourth-order valence-corrected chi connectivity index (χ4v) is 15.3. The molecule has 2 aromatic carbocycles. The molecule has 6 aromatic heterocycles. The van der Waals surface area contributed by atoms with E-state index in [9.17, 15) is 36.5 Å². The predicted octanol–water partition coefficient (Wildman–Crippen LogP) is 9.47. The number of nitrogens with two attached hydrogens (primary N) is 3. The van der Waals surface area contributed by atoms with Gasteiger partial charge in [-0.3, -0.25) is 43.0 Å². The number of nitrogen functional groups attached to an aromatic ring is 1. The molecule has 2 saturated carbocycles. The van der Waals surface area contributed by atoms with E-state index in [2.05, 4.69) is 100 Å². The lowest BCUT2D eigenvalue weighted by atomic mass is 9.88. The SMILES string of the molecule is C.C.C.C.C.CN1CCC(O)C1.CN1CCC(OS(C)(=O)=O)C1.CN1CCC(n2cc(Cc3ncc(Cl)c(CCc4ccccc4C4(C(N)=O)CC4)n3)cn2)C1.CN1CCC(n2cc(N)cn2)C1.CN1CCC(n2cc([N+](=O)[O-])cn2)C1.CS(=O)(=O)Oc1cn[nH]c1.NC(=O)C1(c2ccccc2CCc2nc(Cl)ncc2Cl)CC1. The van der Waals surface area contributed by atoms with E-state index in [-0.39, 0.29) is 83.9 Å². The van der Waals surface area contributed by atoms with Crippen molar-refractivity contribution in [2.24, 2.45) is 11.5 Å². The molecule has 8 N–H and O–H groups in total. The molecular weight excluding hydrogens is 1570 g/mol. The monoisotopic (exact) mass is 1680 g/mol. The smallest absolute Gasteiger partial charge is 0.307 e. The molecule has 0 radical (unpaired) electrons. The van der Waals surface area contributed by atoms with Gasteiger partial charge in [0.2, 0.25) is 17.1 Å². The molecule has 15 rings (SSSR count). The number of likely N-dealkylation sites (N-methyl/N-ethyl adjacent to an activating group) is 5. The lowest BCUT2D eigenvalue weighted by Crippen LogP contribution is -2.29. The third-order valence-electron chi connectivity index (χ3n) is 19.8. The summed E-state index contributed by atoms with van der Waals surface area (Å²) in [5.41, 5.74) is 23.7. The number of aromatic nitrogens is 12. The number of carbonyl (C=O) groups is 2. The zero-order valence-corrected chi connectivity index (χ0v) is 66.5. The molecule has 5 atom stereocenters. The van der Waals surface area contributed by atoms with Crippen LogP contribution >= 0.6 is 34.8 Å². The fraction of sp³-hybridized carbons (Fsp3) is 0.558. The first kappa shape index (κ1) is 98.2. The van der Waals surface area contributed by atoms with Crippen LogP contribution in [0.1, 0.15) is 158 Å². The summed E-state index contributed by atoms with van der Waals surface area (Å²) >= 11 is 18.4. The fourth-order valence-electron chi connectivity index (χ4n) is 13.7. The number of hydrogen-bond donors (Lipinski definition) is 5. The number of aryl methyl sites for hydroxylation is 4. The molecule has 8 aromatic rings. The van der Waals surface area contributed by atoms with Crippen LogP contribution < -0.4 is 21.4 Å². The highest BCUT2D eigenvalue weighted by atomic mass is 35.5. The zero-order chi connectivity index (χ0) is 78.8. The van der Waals surface area contributed by atoms with Crippen molar-refractivity contribution >= 4 is 78.2 Å². The minimum Gasteiger partial charge on any atom is -0.396 e. The number of aliphatic hydroxyl groups is 1. The molecule has 2 aliphatic carbocycles. The topological polar surface area (TPSA) is 412 Å². The number of halogens is 3. The average Bonchev–Trinajstić information content (AvgIpc) is 1.60. The molecule has 37 heteroatoms. The normalized spacial score (nSPS) is 19.9. The Morgan fingerprint density at radius 3 is 1.44 bits per heavy atom. The molecule has 7 aliphatic rings. The Morgan fingerprint density at radius 1 is 0.588 bits per heavy atom. The first-order valence-corrected chi connectivity index (χ1v) is 40.8. The van der Waals surface area contributed by atoms with Crippen molar-refractivity contribution in [3.63, 3.8) is 0 Å². The summed E-state index contributed by atoms with van der Waals surface area (Å²) in [6.45, 7) is 9.87. The number of amides is 2. The number of hydrogen-bond acceptors (Lipinski definition) is 25. The molecule has 5 saturated heterocycles. The number of aromatic amines is 1. The van der Waals surface area contributed by atoms with Crippen molar-refractivity contribution < 1.29 is 44.8 Å². The second-order valence-electron chi connectivity index (χ2n) is 28.9. The lowest BCUT2D eigenvalue weighted by Gasteiger charge is -2.16. The van der Waals surface area contributed by atoms with E-state index in [4.69, 9.17) is 66.3 Å².